The zero-order chi connectivity index (χ0) is 10.7. The number of aromatic amines is 1. The molecule has 1 aromatic carbocycles. The average molecular weight is 204 g/mol. The van der Waals surface area contributed by atoms with Gasteiger partial charge in [-0.15, -0.1) is 0 Å². The highest BCUT2D eigenvalue weighted by Gasteiger charge is 2.02. The molecule has 3 heteroatoms. The van der Waals surface area contributed by atoms with Crippen molar-refractivity contribution in [1.82, 2.24) is 9.97 Å². The van der Waals surface area contributed by atoms with Crippen LogP contribution in [0.1, 0.15) is 31.2 Å². The Bertz CT molecular complexity index is 448. The lowest BCUT2D eigenvalue weighted by Gasteiger charge is -1.93. The van der Waals surface area contributed by atoms with Gasteiger partial charge in [0.15, 0.2) is 0 Å². The minimum atomic E-state index is 0.0826. The summed E-state index contributed by atoms with van der Waals surface area (Å²) < 4.78 is 0. The highest BCUT2D eigenvalue weighted by atomic mass is 16.3. The molecular formula is C12H16N2O. The zero-order valence-electron chi connectivity index (χ0n) is 8.95. The molecule has 2 rings (SSSR count). The van der Waals surface area contributed by atoms with Crippen LogP contribution in [0.5, 0.6) is 0 Å². The molecule has 0 unspecified atom stereocenters. The van der Waals surface area contributed by atoms with E-state index in [0.29, 0.717) is 0 Å². The summed E-state index contributed by atoms with van der Waals surface area (Å²) in [6.45, 7) is 2.26. The number of aromatic nitrogens is 2. The number of fused-ring (bicyclic) bond motifs is 1. The normalized spacial score (nSPS) is 11.1. The van der Waals surface area contributed by atoms with Crippen LogP contribution in [-0.4, -0.2) is 15.1 Å². The molecule has 2 aromatic rings. The maximum Gasteiger partial charge on any atom is 0.107 e. The Balaban J connectivity index is 2.29. The van der Waals surface area contributed by atoms with Gasteiger partial charge in [0.05, 0.1) is 17.6 Å². The highest BCUT2D eigenvalue weighted by Crippen LogP contribution is 2.14. The summed E-state index contributed by atoms with van der Waals surface area (Å²) in [4.78, 5) is 7.77. The van der Waals surface area contributed by atoms with Gasteiger partial charge in [-0.25, -0.2) is 4.98 Å². The molecule has 15 heavy (non-hydrogen) atoms. The van der Waals surface area contributed by atoms with Gasteiger partial charge in [-0.05, 0) is 24.1 Å². The Kier molecular flexibility index (Phi) is 3.02. The van der Waals surface area contributed by atoms with Crippen molar-refractivity contribution >= 4 is 11.0 Å². The Morgan fingerprint density at radius 3 is 3.00 bits per heavy atom. The molecule has 2 N–H and O–H groups in total. The third-order valence-electron chi connectivity index (χ3n) is 2.55. The summed E-state index contributed by atoms with van der Waals surface area (Å²) in [5.74, 6) is 1.04. The SMILES string of the molecule is CCCCc1nc2ccc(CO)cc2[nH]1. The molecule has 0 radical (unpaired) electrons. The number of nitrogens with zero attached hydrogens (tertiary/aromatic N) is 1. The summed E-state index contributed by atoms with van der Waals surface area (Å²) in [7, 11) is 0. The van der Waals surface area contributed by atoms with Crippen LogP contribution in [0, 0.1) is 0 Å². The van der Waals surface area contributed by atoms with E-state index in [-0.39, 0.29) is 6.61 Å². The highest BCUT2D eigenvalue weighted by molar-refractivity contribution is 5.75. The van der Waals surface area contributed by atoms with Gasteiger partial charge in [0.1, 0.15) is 5.82 Å². The van der Waals surface area contributed by atoms with E-state index in [2.05, 4.69) is 16.9 Å². The number of imidazole rings is 1. The number of rotatable bonds is 4. The number of hydrogen-bond donors (Lipinski definition) is 2. The third kappa shape index (κ3) is 2.18. The van der Waals surface area contributed by atoms with Crippen LogP contribution >= 0.6 is 0 Å². The summed E-state index contributed by atoms with van der Waals surface area (Å²) in [6.07, 6.45) is 3.34. The molecule has 0 saturated carbocycles. The standard InChI is InChI=1S/C12H16N2O/c1-2-3-4-12-13-10-6-5-9(8-15)7-11(10)14-12/h5-7,15H,2-4,8H2,1H3,(H,13,14). The first-order chi connectivity index (χ1) is 7.33. The van der Waals surface area contributed by atoms with Crippen molar-refractivity contribution in [3.8, 4) is 0 Å². The second kappa shape index (κ2) is 4.45. The molecule has 3 nitrogen and oxygen atoms in total. The molecule has 80 valence electrons. The summed E-state index contributed by atoms with van der Waals surface area (Å²) >= 11 is 0. The van der Waals surface area contributed by atoms with Crippen LogP contribution in [0.25, 0.3) is 11.0 Å². The second-order valence-corrected chi connectivity index (χ2v) is 3.80. The first-order valence-corrected chi connectivity index (χ1v) is 5.42. The number of aliphatic hydroxyl groups is 1. The van der Waals surface area contributed by atoms with Gasteiger partial charge < -0.3 is 10.1 Å². The van der Waals surface area contributed by atoms with Crippen molar-refractivity contribution in [1.29, 1.82) is 0 Å². The molecule has 0 spiro atoms. The van der Waals surface area contributed by atoms with Crippen LogP contribution in [-0.2, 0) is 13.0 Å². The minimum absolute atomic E-state index is 0.0826. The van der Waals surface area contributed by atoms with Crippen molar-refractivity contribution < 1.29 is 5.11 Å². The predicted molar refractivity (Wildman–Crippen MR) is 60.6 cm³/mol. The van der Waals surface area contributed by atoms with Crippen LogP contribution in [0.4, 0.5) is 0 Å². The van der Waals surface area contributed by atoms with E-state index in [1.165, 1.54) is 6.42 Å². The zero-order valence-corrected chi connectivity index (χ0v) is 8.95. The van der Waals surface area contributed by atoms with Crippen molar-refractivity contribution in [2.45, 2.75) is 32.8 Å². The fourth-order valence-corrected chi connectivity index (χ4v) is 1.67. The quantitative estimate of drug-likeness (QED) is 0.803. The van der Waals surface area contributed by atoms with Gasteiger partial charge in [0.2, 0.25) is 0 Å². The largest absolute Gasteiger partial charge is 0.392 e. The number of benzene rings is 1. The van der Waals surface area contributed by atoms with Crippen LogP contribution in [0.3, 0.4) is 0 Å². The van der Waals surface area contributed by atoms with E-state index in [9.17, 15) is 0 Å². The van der Waals surface area contributed by atoms with E-state index >= 15 is 0 Å². The van der Waals surface area contributed by atoms with Crippen LogP contribution < -0.4 is 0 Å². The maximum atomic E-state index is 9.01. The van der Waals surface area contributed by atoms with E-state index in [1.54, 1.807) is 0 Å². The summed E-state index contributed by atoms with van der Waals surface area (Å²) in [5.41, 5.74) is 2.93. The molecule has 0 fully saturated rings. The fourth-order valence-electron chi connectivity index (χ4n) is 1.67. The fraction of sp³-hybridized carbons (Fsp3) is 0.417. The van der Waals surface area contributed by atoms with Gasteiger partial charge in [-0.2, -0.15) is 0 Å². The number of nitrogens with one attached hydrogen (secondary N) is 1. The van der Waals surface area contributed by atoms with E-state index in [0.717, 1.165) is 35.3 Å². The molecular weight excluding hydrogens is 188 g/mol. The van der Waals surface area contributed by atoms with Gasteiger partial charge in [0, 0.05) is 6.42 Å². The number of unbranched alkanes of at least 4 members (excludes halogenated alkanes) is 1. The minimum Gasteiger partial charge on any atom is -0.392 e. The molecule has 0 amide bonds. The third-order valence-corrected chi connectivity index (χ3v) is 2.55. The summed E-state index contributed by atoms with van der Waals surface area (Å²) in [6, 6.07) is 5.82. The first kappa shape index (κ1) is 10.2. The van der Waals surface area contributed by atoms with Crippen LogP contribution in [0.2, 0.25) is 0 Å². The Morgan fingerprint density at radius 2 is 2.27 bits per heavy atom. The van der Waals surface area contributed by atoms with E-state index in [1.807, 2.05) is 18.2 Å². The smallest absolute Gasteiger partial charge is 0.107 e. The Labute approximate surface area is 89.2 Å². The molecule has 0 bridgehead atoms. The second-order valence-electron chi connectivity index (χ2n) is 3.80. The topological polar surface area (TPSA) is 48.9 Å². The number of H-pyrrole nitrogens is 1. The van der Waals surface area contributed by atoms with Crippen molar-refractivity contribution in [3.05, 3.63) is 29.6 Å². The predicted octanol–water partition coefficient (Wildman–Crippen LogP) is 2.40. The van der Waals surface area contributed by atoms with E-state index < -0.39 is 0 Å². The Morgan fingerprint density at radius 1 is 1.40 bits per heavy atom. The van der Waals surface area contributed by atoms with Gasteiger partial charge in [0.25, 0.3) is 0 Å². The summed E-state index contributed by atoms with van der Waals surface area (Å²) in [5, 5.41) is 9.01. The van der Waals surface area contributed by atoms with Crippen molar-refractivity contribution in [2.24, 2.45) is 0 Å². The Hall–Kier alpha value is -1.35. The van der Waals surface area contributed by atoms with Crippen LogP contribution in [0.15, 0.2) is 18.2 Å². The van der Waals surface area contributed by atoms with Gasteiger partial charge >= 0.3 is 0 Å². The number of aryl methyl sites for hydroxylation is 1. The number of aliphatic hydroxyl groups excluding tert-OH is 1. The van der Waals surface area contributed by atoms with Gasteiger partial charge in [-0.1, -0.05) is 19.4 Å². The monoisotopic (exact) mass is 204 g/mol. The maximum absolute atomic E-state index is 9.01. The average Bonchev–Trinajstić information content (AvgIpc) is 2.67. The molecule has 0 aliphatic rings. The molecule has 1 heterocycles. The first-order valence-electron chi connectivity index (χ1n) is 5.42. The molecule has 0 atom stereocenters. The lowest BCUT2D eigenvalue weighted by Crippen LogP contribution is -1.86. The van der Waals surface area contributed by atoms with Crippen molar-refractivity contribution in [2.75, 3.05) is 0 Å². The van der Waals surface area contributed by atoms with Crippen molar-refractivity contribution in [3.63, 3.8) is 0 Å². The molecule has 0 aliphatic heterocycles. The van der Waals surface area contributed by atoms with E-state index in [4.69, 9.17) is 5.11 Å². The molecule has 0 saturated heterocycles. The molecule has 1 aromatic heterocycles. The molecule has 0 aliphatic carbocycles. The lowest BCUT2D eigenvalue weighted by atomic mass is 10.2. The lowest BCUT2D eigenvalue weighted by molar-refractivity contribution is 0.282. The van der Waals surface area contributed by atoms with Gasteiger partial charge in [-0.3, -0.25) is 0 Å². The number of hydrogen-bond acceptors (Lipinski definition) is 2.